The van der Waals surface area contributed by atoms with Crippen LogP contribution in [0.3, 0.4) is 0 Å². The molecule has 3 rings (SSSR count). The number of halogens is 1. The van der Waals surface area contributed by atoms with Crippen LogP contribution in [0.4, 0.5) is 4.39 Å². The lowest BCUT2D eigenvalue weighted by Crippen LogP contribution is -2.35. The van der Waals surface area contributed by atoms with Gasteiger partial charge in [-0.2, -0.15) is 0 Å². The first-order valence-electron chi connectivity index (χ1n) is 6.74. The third kappa shape index (κ3) is 2.21. The lowest BCUT2D eigenvalue weighted by atomic mass is 10.0. The largest absolute Gasteiger partial charge is 0.339 e. The average molecular weight is 257 g/mol. The molecule has 1 aliphatic rings. The van der Waals surface area contributed by atoms with E-state index in [1.165, 1.54) is 12.5 Å². The third-order valence-electron chi connectivity index (χ3n) is 3.74. The standard InChI is InChI=1S/C16H16FNO/c17-15-9-8-14(12-6-2-3-7-13(12)15)16(19)18-10-4-1-5-11-18/h2-3,6-9H,1,4-5,10-11H2. The number of likely N-dealkylation sites (tertiary alicyclic amines) is 1. The van der Waals surface area contributed by atoms with Crippen molar-refractivity contribution in [2.45, 2.75) is 19.3 Å². The van der Waals surface area contributed by atoms with Gasteiger partial charge in [0.2, 0.25) is 0 Å². The number of hydrogen-bond acceptors (Lipinski definition) is 1. The van der Waals surface area contributed by atoms with Gasteiger partial charge in [-0.3, -0.25) is 4.79 Å². The van der Waals surface area contributed by atoms with Crippen LogP contribution >= 0.6 is 0 Å². The van der Waals surface area contributed by atoms with Crippen LogP contribution in [0.15, 0.2) is 36.4 Å². The molecule has 1 heterocycles. The summed E-state index contributed by atoms with van der Waals surface area (Å²) in [6, 6.07) is 10.2. The van der Waals surface area contributed by atoms with E-state index in [0.29, 0.717) is 16.3 Å². The Morgan fingerprint density at radius 1 is 0.947 bits per heavy atom. The molecular weight excluding hydrogens is 241 g/mol. The summed E-state index contributed by atoms with van der Waals surface area (Å²) in [5, 5.41) is 1.23. The van der Waals surface area contributed by atoms with Crippen LogP contribution in [0.5, 0.6) is 0 Å². The summed E-state index contributed by atoms with van der Waals surface area (Å²) >= 11 is 0. The molecule has 98 valence electrons. The molecule has 0 atom stereocenters. The summed E-state index contributed by atoms with van der Waals surface area (Å²) in [5.74, 6) is -0.248. The molecule has 0 aliphatic carbocycles. The molecule has 1 saturated heterocycles. The number of amides is 1. The molecule has 2 aromatic carbocycles. The molecule has 0 radical (unpaired) electrons. The van der Waals surface area contributed by atoms with E-state index in [4.69, 9.17) is 0 Å². The fraction of sp³-hybridized carbons (Fsp3) is 0.312. The van der Waals surface area contributed by atoms with Gasteiger partial charge in [-0.15, -0.1) is 0 Å². The second-order valence-electron chi connectivity index (χ2n) is 4.99. The van der Waals surface area contributed by atoms with Crippen molar-refractivity contribution in [1.29, 1.82) is 0 Å². The maximum absolute atomic E-state index is 13.7. The molecule has 3 heteroatoms. The predicted molar refractivity (Wildman–Crippen MR) is 73.7 cm³/mol. The van der Waals surface area contributed by atoms with Crippen molar-refractivity contribution in [3.8, 4) is 0 Å². The Morgan fingerprint density at radius 2 is 1.63 bits per heavy atom. The zero-order valence-corrected chi connectivity index (χ0v) is 10.7. The van der Waals surface area contributed by atoms with Gasteiger partial charge < -0.3 is 4.90 Å². The van der Waals surface area contributed by atoms with Crippen molar-refractivity contribution in [3.63, 3.8) is 0 Å². The fourth-order valence-electron chi connectivity index (χ4n) is 2.72. The van der Waals surface area contributed by atoms with Crippen molar-refractivity contribution < 1.29 is 9.18 Å². The van der Waals surface area contributed by atoms with Crippen LogP contribution in [0.2, 0.25) is 0 Å². The number of hydrogen-bond donors (Lipinski definition) is 0. The molecule has 2 aromatic rings. The summed E-state index contributed by atoms with van der Waals surface area (Å²) in [5.41, 5.74) is 0.610. The first-order chi connectivity index (χ1) is 9.27. The summed E-state index contributed by atoms with van der Waals surface area (Å²) in [4.78, 5) is 14.4. The molecule has 0 unspecified atom stereocenters. The van der Waals surface area contributed by atoms with Crippen LogP contribution < -0.4 is 0 Å². The van der Waals surface area contributed by atoms with E-state index in [0.717, 1.165) is 25.9 Å². The Balaban J connectivity index is 2.05. The molecule has 0 bridgehead atoms. The summed E-state index contributed by atoms with van der Waals surface area (Å²) < 4.78 is 13.7. The van der Waals surface area contributed by atoms with Gasteiger partial charge in [-0.25, -0.2) is 4.39 Å². The van der Waals surface area contributed by atoms with Crippen LogP contribution in [-0.4, -0.2) is 23.9 Å². The highest BCUT2D eigenvalue weighted by molar-refractivity contribution is 6.07. The zero-order chi connectivity index (χ0) is 13.2. The smallest absolute Gasteiger partial charge is 0.254 e. The van der Waals surface area contributed by atoms with Gasteiger partial charge in [0.25, 0.3) is 5.91 Å². The molecule has 0 N–H and O–H groups in total. The molecule has 2 nitrogen and oxygen atoms in total. The number of fused-ring (bicyclic) bond motifs is 1. The monoisotopic (exact) mass is 257 g/mol. The van der Waals surface area contributed by atoms with Gasteiger partial charge in [-0.1, -0.05) is 24.3 Å². The van der Waals surface area contributed by atoms with Crippen molar-refractivity contribution >= 4 is 16.7 Å². The van der Waals surface area contributed by atoms with E-state index in [2.05, 4.69) is 0 Å². The first kappa shape index (κ1) is 12.2. The normalized spacial score (nSPS) is 15.7. The number of piperidine rings is 1. The fourth-order valence-corrected chi connectivity index (χ4v) is 2.72. The zero-order valence-electron chi connectivity index (χ0n) is 10.7. The topological polar surface area (TPSA) is 20.3 Å². The average Bonchev–Trinajstić information content (AvgIpc) is 2.48. The number of carbonyl (C=O) groups is 1. The molecule has 0 saturated carbocycles. The lowest BCUT2D eigenvalue weighted by molar-refractivity contribution is 0.0726. The Bertz CT molecular complexity index is 617. The number of rotatable bonds is 1. The van der Waals surface area contributed by atoms with Crippen LogP contribution in [-0.2, 0) is 0 Å². The van der Waals surface area contributed by atoms with E-state index < -0.39 is 0 Å². The van der Waals surface area contributed by atoms with Crippen molar-refractivity contribution in [2.24, 2.45) is 0 Å². The molecule has 1 aliphatic heterocycles. The lowest BCUT2D eigenvalue weighted by Gasteiger charge is -2.27. The molecule has 1 fully saturated rings. The minimum atomic E-state index is -0.272. The van der Waals surface area contributed by atoms with Crippen molar-refractivity contribution in [1.82, 2.24) is 4.90 Å². The Morgan fingerprint density at radius 3 is 2.37 bits per heavy atom. The predicted octanol–water partition coefficient (Wildman–Crippen LogP) is 3.61. The van der Waals surface area contributed by atoms with Gasteiger partial charge in [-0.05, 0) is 36.8 Å². The van der Waals surface area contributed by atoms with Crippen LogP contribution in [0.25, 0.3) is 10.8 Å². The molecule has 0 spiro atoms. The number of benzene rings is 2. The Kier molecular flexibility index (Phi) is 3.20. The van der Waals surface area contributed by atoms with Crippen molar-refractivity contribution in [2.75, 3.05) is 13.1 Å². The maximum atomic E-state index is 13.7. The molecule has 19 heavy (non-hydrogen) atoms. The van der Waals surface area contributed by atoms with Gasteiger partial charge in [0.1, 0.15) is 5.82 Å². The highest BCUT2D eigenvalue weighted by atomic mass is 19.1. The maximum Gasteiger partial charge on any atom is 0.254 e. The van der Waals surface area contributed by atoms with Gasteiger partial charge >= 0.3 is 0 Å². The highest BCUT2D eigenvalue weighted by Gasteiger charge is 2.20. The highest BCUT2D eigenvalue weighted by Crippen LogP contribution is 2.24. The summed E-state index contributed by atoms with van der Waals surface area (Å²) in [7, 11) is 0. The minimum Gasteiger partial charge on any atom is -0.339 e. The van der Waals surface area contributed by atoms with Crippen LogP contribution in [0, 0.1) is 5.82 Å². The number of carbonyl (C=O) groups excluding carboxylic acids is 1. The number of nitrogens with zero attached hydrogens (tertiary/aromatic N) is 1. The third-order valence-corrected chi connectivity index (χ3v) is 3.74. The van der Waals surface area contributed by atoms with Gasteiger partial charge in [0.15, 0.2) is 0 Å². The van der Waals surface area contributed by atoms with E-state index in [-0.39, 0.29) is 11.7 Å². The Labute approximate surface area is 111 Å². The molecule has 1 amide bonds. The van der Waals surface area contributed by atoms with Crippen molar-refractivity contribution in [3.05, 3.63) is 47.8 Å². The van der Waals surface area contributed by atoms with Gasteiger partial charge in [0, 0.05) is 24.0 Å². The SMILES string of the molecule is O=C(c1ccc(F)c2ccccc12)N1CCCCC1. The summed E-state index contributed by atoms with van der Waals surface area (Å²) in [6.07, 6.45) is 3.31. The second-order valence-corrected chi connectivity index (χ2v) is 4.99. The van der Waals surface area contributed by atoms with Gasteiger partial charge in [0.05, 0.1) is 0 Å². The van der Waals surface area contributed by atoms with E-state index in [9.17, 15) is 9.18 Å². The van der Waals surface area contributed by atoms with Crippen LogP contribution in [0.1, 0.15) is 29.6 Å². The van der Waals surface area contributed by atoms with E-state index >= 15 is 0 Å². The molecular formula is C16H16FNO. The Hall–Kier alpha value is -1.90. The summed E-state index contributed by atoms with van der Waals surface area (Å²) in [6.45, 7) is 1.62. The van der Waals surface area contributed by atoms with E-state index in [1.807, 2.05) is 17.0 Å². The first-order valence-corrected chi connectivity index (χ1v) is 6.74. The second kappa shape index (κ2) is 5.00. The molecule has 0 aromatic heterocycles. The minimum absolute atomic E-state index is 0.0240. The van der Waals surface area contributed by atoms with E-state index in [1.54, 1.807) is 18.2 Å². The quantitative estimate of drug-likeness (QED) is 0.764.